The molecule has 3 N–H and O–H groups in total. The van der Waals surface area contributed by atoms with Crippen LogP contribution in [0.15, 0.2) is 29.4 Å². The predicted octanol–water partition coefficient (Wildman–Crippen LogP) is 2.71. The van der Waals surface area contributed by atoms with Crippen LogP contribution in [0.2, 0.25) is 0 Å². The maximum absolute atomic E-state index is 12.0. The zero-order valence-electron chi connectivity index (χ0n) is 12.9. The molecule has 5 nitrogen and oxygen atoms in total. The SMILES string of the molecule is CCCCCCC(=O)N(C)Cc1cccc(/C(N)=N/O)c1. The molecule has 116 valence electrons. The van der Waals surface area contributed by atoms with E-state index in [-0.39, 0.29) is 11.7 Å². The molecule has 0 aliphatic rings. The first-order valence-electron chi connectivity index (χ1n) is 7.39. The fourth-order valence-electron chi connectivity index (χ4n) is 2.14. The Morgan fingerprint density at radius 2 is 2.10 bits per heavy atom. The molecular formula is C16H25N3O2. The van der Waals surface area contributed by atoms with Gasteiger partial charge < -0.3 is 15.8 Å². The molecule has 5 heteroatoms. The summed E-state index contributed by atoms with van der Waals surface area (Å²) >= 11 is 0. The summed E-state index contributed by atoms with van der Waals surface area (Å²) in [6, 6.07) is 7.36. The lowest BCUT2D eigenvalue weighted by molar-refractivity contribution is -0.130. The molecule has 0 fully saturated rings. The molecule has 0 saturated carbocycles. The lowest BCUT2D eigenvalue weighted by Gasteiger charge is -2.17. The molecule has 0 atom stereocenters. The second-order valence-electron chi connectivity index (χ2n) is 5.25. The van der Waals surface area contributed by atoms with Crippen LogP contribution < -0.4 is 5.73 Å². The van der Waals surface area contributed by atoms with Gasteiger partial charge in [0, 0.05) is 25.6 Å². The number of amides is 1. The maximum atomic E-state index is 12.0. The second kappa shape index (κ2) is 9.00. The molecule has 0 radical (unpaired) electrons. The van der Waals surface area contributed by atoms with Crippen molar-refractivity contribution >= 4 is 11.7 Å². The van der Waals surface area contributed by atoms with E-state index in [9.17, 15) is 4.79 Å². The van der Waals surface area contributed by atoms with Crippen LogP contribution in [0.25, 0.3) is 0 Å². The van der Waals surface area contributed by atoms with Crippen LogP contribution in [0.5, 0.6) is 0 Å². The van der Waals surface area contributed by atoms with Crippen LogP contribution >= 0.6 is 0 Å². The molecular weight excluding hydrogens is 266 g/mol. The molecule has 0 aliphatic carbocycles. The summed E-state index contributed by atoms with van der Waals surface area (Å²) in [5, 5.41) is 11.7. The van der Waals surface area contributed by atoms with Crippen molar-refractivity contribution in [3.05, 3.63) is 35.4 Å². The number of amidine groups is 1. The summed E-state index contributed by atoms with van der Waals surface area (Å²) in [4.78, 5) is 13.7. The van der Waals surface area contributed by atoms with Gasteiger partial charge in [0.25, 0.3) is 0 Å². The number of carbonyl (C=O) groups excluding carboxylic acids is 1. The summed E-state index contributed by atoms with van der Waals surface area (Å²) in [7, 11) is 1.80. The number of hydrogen-bond acceptors (Lipinski definition) is 3. The molecule has 0 unspecified atom stereocenters. The highest BCUT2D eigenvalue weighted by Crippen LogP contribution is 2.10. The van der Waals surface area contributed by atoms with E-state index < -0.39 is 0 Å². The van der Waals surface area contributed by atoms with Gasteiger partial charge in [-0.2, -0.15) is 0 Å². The molecule has 0 aliphatic heterocycles. The minimum absolute atomic E-state index is 0.0744. The molecule has 0 heterocycles. The van der Waals surface area contributed by atoms with Crippen LogP contribution in [0, 0.1) is 0 Å². The third-order valence-electron chi connectivity index (χ3n) is 3.42. The van der Waals surface area contributed by atoms with Crippen molar-refractivity contribution in [2.75, 3.05) is 7.05 Å². The van der Waals surface area contributed by atoms with Crippen molar-refractivity contribution in [2.24, 2.45) is 10.9 Å². The molecule has 1 amide bonds. The first-order chi connectivity index (χ1) is 10.1. The fourth-order valence-corrected chi connectivity index (χ4v) is 2.14. The Hall–Kier alpha value is -2.04. The lowest BCUT2D eigenvalue weighted by Crippen LogP contribution is -2.26. The highest BCUT2D eigenvalue weighted by molar-refractivity contribution is 5.97. The van der Waals surface area contributed by atoms with Gasteiger partial charge in [-0.25, -0.2) is 0 Å². The Balaban J connectivity index is 2.54. The fraction of sp³-hybridized carbons (Fsp3) is 0.500. The number of benzene rings is 1. The van der Waals surface area contributed by atoms with Gasteiger partial charge in [-0.3, -0.25) is 4.79 Å². The van der Waals surface area contributed by atoms with E-state index in [1.165, 1.54) is 12.8 Å². The number of nitrogens with zero attached hydrogens (tertiary/aromatic N) is 2. The number of carbonyl (C=O) groups is 1. The van der Waals surface area contributed by atoms with Crippen LogP contribution in [-0.2, 0) is 11.3 Å². The number of nitrogens with two attached hydrogens (primary N) is 1. The van der Waals surface area contributed by atoms with Crippen molar-refractivity contribution in [3.8, 4) is 0 Å². The Morgan fingerprint density at radius 1 is 1.33 bits per heavy atom. The van der Waals surface area contributed by atoms with E-state index in [0.717, 1.165) is 18.4 Å². The van der Waals surface area contributed by atoms with Gasteiger partial charge in [0.15, 0.2) is 5.84 Å². The monoisotopic (exact) mass is 291 g/mol. The van der Waals surface area contributed by atoms with E-state index in [1.54, 1.807) is 18.0 Å². The molecule has 1 aromatic rings. The van der Waals surface area contributed by atoms with Gasteiger partial charge in [-0.05, 0) is 18.1 Å². The van der Waals surface area contributed by atoms with Gasteiger partial charge in [-0.15, -0.1) is 0 Å². The van der Waals surface area contributed by atoms with E-state index in [0.29, 0.717) is 18.5 Å². The number of unbranched alkanes of at least 4 members (excludes halogenated alkanes) is 3. The topological polar surface area (TPSA) is 78.9 Å². The third-order valence-corrected chi connectivity index (χ3v) is 3.42. The molecule has 0 saturated heterocycles. The number of rotatable bonds is 8. The third kappa shape index (κ3) is 5.85. The first-order valence-corrected chi connectivity index (χ1v) is 7.39. The summed E-state index contributed by atoms with van der Waals surface area (Å²) in [6.07, 6.45) is 5.00. The largest absolute Gasteiger partial charge is 0.409 e. The average Bonchev–Trinajstić information content (AvgIpc) is 2.50. The van der Waals surface area contributed by atoms with Gasteiger partial charge in [0.2, 0.25) is 5.91 Å². The number of hydrogen-bond donors (Lipinski definition) is 2. The first kappa shape index (κ1) is 17.0. The average molecular weight is 291 g/mol. The minimum Gasteiger partial charge on any atom is -0.409 e. The Morgan fingerprint density at radius 3 is 2.76 bits per heavy atom. The normalized spacial score (nSPS) is 11.4. The van der Waals surface area contributed by atoms with E-state index in [4.69, 9.17) is 10.9 Å². The number of oxime groups is 1. The standard InChI is InChI=1S/C16H25N3O2/c1-3-4-5-6-10-15(20)19(2)12-13-8-7-9-14(11-13)16(17)18-21/h7-9,11,21H,3-6,10,12H2,1-2H3,(H2,17,18). The lowest BCUT2D eigenvalue weighted by atomic mass is 10.1. The van der Waals surface area contributed by atoms with Crippen molar-refractivity contribution < 1.29 is 10.0 Å². The summed E-state index contributed by atoms with van der Waals surface area (Å²) < 4.78 is 0. The molecule has 1 rings (SSSR count). The van der Waals surface area contributed by atoms with Gasteiger partial charge >= 0.3 is 0 Å². The predicted molar refractivity (Wildman–Crippen MR) is 84.2 cm³/mol. The smallest absolute Gasteiger partial charge is 0.222 e. The van der Waals surface area contributed by atoms with Gasteiger partial charge in [0.1, 0.15) is 0 Å². The zero-order valence-corrected chi connectivity index (χ0v) is 12.9. The van der Waals surface area contributed by atoms with E-state index in [1.807, 2.05) is 18.2 Å². The molecule has 0 bridgehead atoms. The van der Waals surface area contributed by atoms with Crippen LogP contribution in [0.4, 0.5) is 0 Å². The Bertz CT molecular complexity index is 486. The summed E-state index contributed by atoms with van der Waals surface area (Å²) in [5.74, 6) is 0.227. The molecule has 0 aromatic heterocycles. The maximum Gasteiger partial charge on any atom is 0.222 e. The Labute approximate surface area is 126 Å². The van der Waals surface area contributed by atoms with Crippen molar-refractivity contribution in [2.45, 2.75) is 45.6 Å². The minimum atomic E-state index is 0.0744. The zero-order chi connectivity index (χ0) is 15.7. The Kier molecular flexibility index (Phi) is 7.29. The van der Waals surface area contributed by atoms with Crippen molar-refractivity contribution in [3.63, 3.8) is 0 Å². The van der Waals surface area contributed by atoms with Gasteiger partial charge in [0.05, 0.1) is 0 Å². The van der Waals surface area contributed by atoms with Crippen molar-refractivity contribution in [1.82, 2.24) is 4.90 Å². The highest BCUT2D eigenvalue weighted by Gasteiger charge is 2.09. The summed E-state index contributed by atoms with van der Waals surface area (Å²) in [5.41, 5.74) is 7.18. The van der Waals surface area contributed by atoms with Crippen LogP contribution in [0.1, 0.15) is 50.2 Å². The quantitative estimate of drug-likeness (QED) is 0.254. The van der Waals surface area contributed by atoms with Crippen molar-refractivity contribution in [1.29, 1.82) is 0 Å². The van der Waals surface area contributed by atoms with E-state index >= 15 is 0 Å². The second-order valence-corrected chi connectivity index (χ2v) is 5.25. The molecule has 21 heavy (non-hydrogen) atoms. The van der Waals surface area contributed by atoms with E-state index in [2.05, 4.69) is 12.1 Å². The molecule has 1 aromatic carbocycles. The van der Waals surface area contributed by atoms with Crippen LogP contribution in [-0.4, -0.2) is 28.9 Å². The molecule has 0 spiro atoms. The highest BCUT2D eigenvalue weighted by atomic mass is 16.4. The van der Waals surface area contributed by atoms with Gasteiger partial charge in [-0.1, -0.05) is 49.5 Å². The summed E-state index contributed by atoms with van der Waals surface area (Å²) in [6.45, 7) is 2.68. The van der Waals surface area contributed by atoms with Crippen LogP contribution in [0.3, 0.4) is 0 Å².